The van der Waals surface area contributed by atoms with E-state index >= 15 is 0 Å². The van der Waals surface area contributed by atoms with Gasteiger partial charge >= 0.3 is 0 Å². The van der Waals surface area contributed by atoms with Gasteiger partial charge in [0, 0.05) is 30.6 Å². The predicted molar refractivity (Wildman–Crippen MR) is 109 cm³/mol. The first kappa shape index (κ1) is 19.7. The molecule has 1 saturated heterocycles. The van der Waals surface area contributed by atoms with Crippen molar-refractivity contribution >= 4 is 56.6 Å². The van der Waals surface area contributed by atoms with Crippen molar-refractivity contribution in [1.29, 1.82) is 0 Å². The van der Waals surface area contributed by atoms with Crippen LogP contribution in [0, 0.1) is 10.1 Å². The molecule has 0 aliphatic carbocycles. The number of nitro benzene ring substituents is 1. The average Bonchev–Trinajstić information content (AvgIpc) is 3.26. The number of anilines is 1. The molecule has 1 N–H and O–H groups in total. The Hall–Kier alpha value is -3.05. The van der Waals surface area contributed by atoms with Gasteiger partial charge in [0.2, 0.25) is 16.9 Å². The second-order valence-corrected chi connectivity index (χ2v) is 7.62. The molecule has 1 aromatic carbocycles. The molecule has 9 nitrogen and oxygen atoms in total. The van der Waals surface area contributed by atoms with Crippen LogP contribution in [0.4, 0.5) is 16.5 Å². The molecule has 1 aromatic heterocycles. The highest BCUT2D eigenvalue weighted by molar-refractivity contribution is 8.15. The summed E-state index contributed by atoms with van der Waals surface area (Å²) in [6.07, 6.45) is 3.05. The van der Waals surface area contributed by atoms with Gasteiger partial charge in [-0.3, -0.25) is 24.6 Å². The molecule has 0 spiro atoms. The number of amides is 2. The zero-order valence-electron chi connectivity index (χ0n) is 14.5. The molecule has 1 fully saturated rings. The number of para-hydroxylation sites is 2. The van der Waals surface area contributed by atoms with Crippen LogP contribution in [0.5, 0.6) is 0 Å². The van der Waals surface area contributed by atoms with Gasteiger partial charge in [-0.15, -0.1) is 17.9 Å². The Bertz CT molecular complexity index is 945. The van der Waals surface area contributed by atoms with Crippen LogP contribution in [0.3, 0.4) is 0 Å². The van der Waals surface area contributed by atoms with Crippen molar-refractivity contribution in [3.63, 3.8) is 0 Å². The molecular weight excluding hydrogens is 402 g/mol. The Morgan fingerprint density at radius 3 is 2.93 bits per heavy atom. The third-order valence-corrected chi connectivity index (χ3v) is 5.53. The summed E-state index contributed by atoms with van der Waals surface area (Å²) in [6.45, 7) is 3.91. The average molecular weight is 417 g/mol. The first-order valence-electron chi connectivity index (χ1n) is 8.10. The van der Waals surface area contributed by atoms with E-state index in [0.717, 1.165) is 0 Å². The van der Waals surface area contributed by atoms with Gasteiger partial charge in [-0.1, -0.05) is 30.0 Å². The van der Waals surface area contributed by atoms with Gasteiger partial charge in [0.1, 0.15) is 10.9 Å². The van der Waals surface area contributed by atoms with Gasteiger partial charge in [0.25, 0.3) is 5.69 Å². The molecule has 1 atom stereocenters. The molecule has 2 heterocycles. The third-order valence-electron chi connectivity index (χ3n) is 3.69. The molecule has 1 unspecified atom stereocenters. The lowest BCUT2D eigenvalue weighted by molar-refractivity contribution is -0.383. The van der Waals surface area contributed by atoms with E-state index in [9.17, 15) is 19.7 Å². The number of thioether (sulfide) groups is 1. The third kappa shape index (κ3) is 4.43. The summed E-state index contributed by atoms with van der Waals surface area (Å²) in [5.41, 5.74) is -0.117. The van der Waals surface area contributed by atoms with Crippen molar-refractivity contribution < 1.29 is 14.5 Å². The van der Waals surface area contributed by atoms with E-state index in [2.05, 4.69) is 21.9 Å². The van der Waals surface area contributed by atoms with E-state index < -0.39 is 16.1 Å². The Morgan fingerprint density at radius 2 is 2.25 bits per heavy atom. The minimum absolute atomic E-state index is 0.0903. The smallest absolute Gasteiger partial charge is 0.292 e. The van der Waals surface area contributed by atoms with Crippen LogP contribution in [0.15, 0.2) is 53.5 Å². The SMILES string of the molecule is C=CCN1C(=O)C(CC(=O)Nc2ccccc2[N+](=O)[O-])SC1=Nc1nccs1. The molecule has 0 bridgehead atoms. The van der Waals surface area contributed by atoms with Gasteiger partial charge in [0.15, 0.2) is 5.17 Å². The summed E-state index contributed by atoms with van der Waals surface area (Å²) in [5, 5.41) is 15.6. The summed E-state index contributed by atoms with van der Waals surface area (Å²) >= 11 is 2.50. The fourth-order valence-electron chi connectivity index (χ4n) is 2.48. The maximum Gasteiger partial charge on any atom is 0.292 e. The highest BCUT2D eigenvalue weighted by Gasteiger charge is 2.39. The van der Waals surface area contributed by atoms with Crippen LogP contribution in [0.2, 0.25) is 0 Å². The summed E-state index contributed by atoms with van der Waals surface area (Å²) in [6, 6.07) is 5.84. The number of rotatable bonds is 7. The molecule has 11 heteroatoms. The lowest BCUT2D eigenvalue weighted by atomic mass is 10.2. The van der Waals surface area contributed by atoms with Crippen molar-refractivity contribution in [2.75, 3.05) is 11.9 Å². The number of benzene rings is 1. The first-order valence-corrected chi connectivity index (χ1v) is 9.86. The quantitative estimate of drug-likeness (QED) is 0.420. The number of carbonyl (C=O) groups is 2. The van der Waals surface area contributed by atoms with Gasteiger partial charge in [0.05, 0.1) is 4.92 Å². The fourth-order valence-corrected chi connectivity index (χ4v) is 4.19. The van der Waals surface area contributed by atoms with E-state index in [1.807, 2.05) is 0 Å². The Morgan fingerprint density at radius 1 is 1.46 bits per heavy atom. The Balaban J connectivity index is 1.73. The molecule has 0 saturated carbocycles. The summed E-state index contributed by atoms with van der Waals surface area (Å²) in [4.78, 5) is 45.4. The van der Waals surface area contributed by atoms with Gasteiger partial charge in [-0.25, -0.2) is 4.98 Å². The number of hydrogen-bond donors (Lipinski definition) is 1. The van der Waals surface area contributed by atoms with E-state index in [-0.39, 0.29) is 30.2 Å². The number of nitrogens with one attached hydrogen (secondary N) is 1. The van der Waals surface area contributed by atoms with Crippen LogP contribution < -0.4 is 5.32 Å². The summed E-state index contributed by atoms with van der Waals surface area (Å²) in [5.74, 6) is -0.757. The second-order valence-electron chi connectivity index (χ2n) is 5.58. The second kappa shape index (κ2) is 8.76. The monoisotopic (exact) mass is 417 g/mol. The lowest BCUT2D eigenvalue weighted by Gasteiger charge is -2.13. The van der Waals surface area contributed by atoms with Gasteiger partial charge in [-0.05, 0) is 6.07 Å². The largest absolute Gasteiger partial charge is 0.320 e. The van der Waals surface area contributed by atoms with Crippen molar-refractivity contribution in [2.24, 2.45) is 4.99 Å². The van der Waals surface area contributed by atoms with Crippen molar-refractivity contribution in [3.8, 4) is 0 Å². The highest BCUT2D eigenvalue weighted by Crippen LogP contribution is 2.32. The summed E-state index contributed by atoms with van der Waals surface area (Å²) < 4.78 is 0. The number of aliphatic imine (C=N–C) groups is 1. The van der Waals surface area contributed by atoms with Gasteiger partial charge < -0.3 is 5.32 Å². The van der Waals surface area contributed by atoms with Gasteiger partial charge in [-0.2, -0.15) is 4.99 Å². The number of thiazole rings is 1. The van der Waals surface area contributed by atoms with E-state index in [0.29, 0.717) is 10.3 Å². The van der Waals surface area contributed by atoms with Crippen LogP contribution in [0.25, 0.3) is 0 Å². The lowest BCUT2D eigenvalue weighted by Crippen LogP contribution is -2.33. The van der Waals surface area contributed by atoms with E-state index in [4.69, 9.17) is 0 Å². The van der Waals surface area contributed by atoms with Crippen LogP contribution in [-0.4, -0.2) is 43.6 Å². The predicted octanol–water partition coefficient (Wildman–Crippen LogP) is 3.20. The maximum absolute atomic E-state index is 12.7. The molecule has 3 rings (SSSR count). The minimum atomic E-state index is -0.679. The number of hydrogen-bond acceptors (Lipinski definition) is 8. The molecule has 1 aliphatic rings. The molecule has 144 valence electrons. The van der Waals surface area contributed by atoms with Crippen molar-refractivity contribution in [3.05, 3.63) is 58.6 Å². The molecule has 2 amide bonds. The molecule has 28 heavy (non-hydrogen) atoms. The standard InChI is InChI=1S/C17H15N5O4S2/c1-2-8-21-15(24)13(28-17(21)20-16-18-7-9-27-16)10-14(23)19-11-5-3-4-6-12(11)22(25)26/h2-7,9,13H,1,8,10H2,(H,19,23). The van der Waals surface area contributed by atoms with Crippen LogP contribution in [-0.2, 0) is 9.59 Å². The number of nitrogens with zero attached hydrogens (tertiary/aromatic N) is 4. The summed E-state index contributed by atoms with van der Waals surface area (Å²) in [7, 11) is 0. The molecule has 0 radical (unpaired) electrons. The number of nitro groups is 1. The van der Waals surface area contributed by atoms with E-state index in [1.165, 1.54) is 46.2 Å². The van der Waals surface area contributed by atoms with Crippen LogP contribution in [0.1, 0.15) is 6.42 Å². The first-order chi connectivity index (χ1) is 13.5. The molecule has 1 aliphatic heterocycles. The molecule has 2 aromatic rings. The minimum Gasteiger partial charge on any atom is -0.320 e. The van der Waals surface area contributed by atoms with Crippen molar-refractivity contribution in [2.45, 2.75) is 11.7 Å². The highest BCUT2D eigenvalue weighted by atomic mass is 32.2. The zero-order chi connectivity index (χ0) is 20.1. The Kier molecular flexibility index (Phi) is 6.16. The van der Waals surface area contributed by atoms with Crippen molar-refractivity contribution in [1.82, 2.24) is 9.88 Å². The number of aromatic nitrogens is 1. The zero-order valence-corrected chi connectivity index (χ0v) is 16.1. The Labute approximate surface area is 168 Å². The topological polar surface area (TPSA) is 118 Å². The normalized spacial score (nSPS) is 17.7. The van der Waals surface area contributed by atoms with Crippen LogP contribution >= 0.6 is 23.1 Å². The van der Waals surface area contributed by atoms with E-state index in [1.54, 1.807) is 23.7 Å². The number of carbonyl (C=O) groups excluding carboxylic acids is 2. The molecular formula is C17H15N5O4S2. The maximum atomic E-state index is 12.7. The number of amidine groups is 1. The fraction of sp³-hybridized carbons (Fsp3) is 0.176.